The van der Waals surface area contributed by atoms with Gasteiger partial charge in [0.25, 0.3) is 5.91 Å². The van der Waals surface area contributed by atoms with Gasteiger partial charge in [-0.1, -0.05) is 30.3 Å². The third-order valence-corrected chi connectivity index (χ3v) is 3.51. The highest BCUT2D eigenvalue weighted by Crippen LogP contribution is 2.16. The zero-order valence-electron chi connectivity index (χ0n) is 10.7. The normalized spacial score (nSPS) is 14.6. The Morgan fingerprint density at radius 2 is 1.74 bits per heavy atom. The predicted molar refractivity (Wildman–Crippen MR) is 77.3 cm³/mol. The molecule has 3 nitrogen and oxygen atoms in total. The van der Waals surface area contributed by atoms with E-state index in [0.717, 1.165) is 29.3 Å². The van der Waals surface area contributed by atoms with Crippen molar-refractivity contribution in [3.63, 3.8) is 0 Å². The largest absolute Gasteiger partial charge is 0.271 e. The van der Waals surface area contributed by atoms with Crippen LogP contribution in [0.4, 0.5) is 0 Å². The third kappa shape index (κ3) is 2.65. The van der Waals surface area contributed by atoms with Crippen LogP contribution in [0.1, 0.15) is 36.0 Å². The molecule has 0 radical (unpaired) electrons. The van der Waals surface area contributed by atoms with Crippen LogP contribution in [0.25, 0.3) is 10.8 Å². The van der Waals surface area contributed by atoms with Crippen LogP contribution >= 0.6 is 0 Å². The molecule has 1 fully saturated rings. The maximum absolute atomic E-state index is 12.0. The third-order valence-electron chi connectivity index (χ3n) is 3.51. The lowest BCUT2D eigenvalue weighted by molar-refractivity contribution is 0.0955. The molecule has 3 heteroatoms. The Bertz CT molecular complexity index is 638. The predicted octanol–water partition coefficient (Wildman–Crippen LogP) is 3.50. The Labute approximate surface area is 112 Å². The summed E-state index contributed by atoms with van der Waals surface area (Å²) in [5, 5.41) is 6.41. The maximum atomic E-state index is 12.0. The molecule has 1 aliphatic rings. The molecule has 96 valence electrons. The van der Waals surface area contributed by atoms with Gasteiger partial charge in [-0.2, -0.15) is 5.10 Å². The molecule has 0 unspecified atom stereocenters. The average molecular weight is 252 g/mol. The summed E-state index contributed by atoms with van der Waals surface area (Å²) in [6, 6.07) is 13.7. The summed E-state index contributed by atoms with van der Waals surface area (Å²) in [6.45, 7) is 0. The van der Waals surface area contributed by atoms with E-state index in [1.54, 1.807) is 0 Å². The summed E-state index contributed by atoms with van der Waals surface area (Å²) in [4.78, 5) is 12.0. The number of nitrogens with one attached hydrogen (secondary N) is 1. The summed E-state index contributed by atoms with van der Waals surface area (Å²) in [7, 11) is 0. The van der Waals surface area contributed by atoms with Gasteiger partial charge < -0.3 is 0 Å². The average Bonchev–Trinajstić information content (AvgIpc) is 2.97. The van der Waals surface area contributed by atoms with Crippen molar-refractivity contribution in [2.45, 2.75) is 25.7 Å². The lowest BCUT2D eigenvalue weighted by Gasteiger charge is -2.03. The van der Waals surface area contributed by atoms with Crippen molar-refractivity contribution < 1.29 is 4.79 Å². The van der Waals surface area contributed by atoms with E-state index in [2.05, 4.69) is 10.5 Å². The zero-order chi connectivity index (χ0) is 13.1. The van der Waals surface area contributed by atoms with Gasteiger partial charge in [0.1, 0.15) is 0 Å². The van der Waals surface area contributed by atoms with Crippen LogP contribution in [-0.2, 0) is 0 Å². The molecular weight excluding hydrogens is 236 g/mol. The minimum Gasteiger partial charge on any atom is -0.267 e. The summed E-state index contributed by atoms with van der Waals surface area (Å²) in [5.74, 6) is -0.134. The maximum Gasteiger partial charge on any atom is 0.271 e. The van der Waals surface area contributed by atoms with E-state index in [-0.39, 0.29) is 5.91 Å². The number of fused-ring (bicyclic) bond motifs is 1. The molecule has 0 saturated heterocycles. The van der Waals surface area contributed by atoms with Gasteiger partial charge in [0, 0.05) is 11.3 Å². The van der Waals surface area contributed by atoms with Gasteiger partial charge >= 0.3 is 0 Å². The number of nitrogens with zero attached hydrogens (tertiary/aromatic N) is 1. The number of hydrogen-bond acceptors (Lipinski definition) is 2. The fourth-order valence-electron chi connectivity index (χ4n) is 2.42. The Morgan fingerprint density at radius 3 is 2.53 bits per heavy atom. The van der Waals surface area contributed by atoms with Gasteiger partial charge in [-0.15, -0.1) is 0 Å². The lowest BCUT2D eigenvalue weighted by atomic mass is 10.1. The SMILES string of the molecule is O=C(NN=C1CCCC1)c1ccc2ccccc2c1. The number of carbonyl (C=O) groups excluding carboxylic acids is 1. The van der Waals surface area contributed by atoms with Crippen molar-refractivity contribution in [2.24, 2.45) is 5.10 Å². The molecule has 2 aromatic rings. The molecule has 1 aliphatic carbocycles. The van der Waals surface area contributed by atoms with Crippen LogP contribution < -0.4 is 5.43 Å². The number of hydrazone groups is 1. The Hall–Kier alpha value is -2.16. The molecule has 3 rings (SSSR count). The molecule has 1 saturated carbocycles. The van der Waals surface area contributed by atoms with Gasteiger partial charge in [0.2, 0.25) is 0 Å². The van der Waals surface area contributed by atoms with E-state index in [4.69, 9.17) is 0 Å². The second-order valence-electron chi connectivity index (χ2n) is 4.89. The Kier molecular flexibility index (Phi) is 3.27. The Balaban J connectivity index is 1.79. The highest BCUT2D eigenvalue weighted by Gasteiger charge is 2.10. The van der Waals surface area contributed by atoms with Crippen LogP contribution in [-0.4, -0.2) is 11.6 Å². The first-order chi connectivity index (χ1) is 9.33. The number of carbonyl (C=O) groups is 1. The second kappa shape index (κ2) is 5.22. The van der Waals surface area contributed by atoms with Crippen molar-refractivity contribution in [3.8, 4) is 0 Å². The minimum atomic E-state index is -0.134. The van der Waals surface area contributed by atoms with Gasteiger partial charge in [0.05, 0.1) is 0 Å². The van der Waals surface area contributed by atoms with Crippen LogP contribution in [0.5, 0.6) is 0 Å². The molecule has 2 aromatic carbocycles. The van der Waals surface area contributed by atoms with Gasteiger partial charge in [0.15, 0.2) is 0 Å². The van der Waals surface area contributed by atoms with E-state index in [1.165, 1.54) is 12.8 Å². The van der Waals surface area contributed by atoms with E-state index >= 15 is 0 Å². The number of rotatable bonds is 2. The minimum absolute atomic E-state index is 0.134. The zero-order valence-corrected chi connectivity index (χ0v) is 10.7. The van der Waals surface area contributed by atoms with Gasteiger partial charge in [-0.25, -0.2) is 5.43 Å². The second-order valence-corrected chi connectivity index (χ2v) is 4.89. The molecule has 0 heterocycles. The van der Waals surface area contributed by atoms with Crippen molar-refractivity contribution in [1.82, 2.24) is 5.43 Å². The number of hydrogen-bond donors (Lipinski definition) is 1. The fourth-order valence-corrected chi connectivity index (χ4v) is 2.42. The molecule has 0 aliphatic heterocycles. The van der Waals surface area contributed by atoms with Crippen molar-refractivity contribution in [2.75, 3.05) is 0 Å². The lowest BCUT2D eigenvalue weighted by Crippen LogP contribution is -2.18. The van der Waals surface area contributed by atoms with Crippen LogP contribution in [0.3, 0.4) is 0 Å². The molecular formula is C16H16N2O. The molecule has 1 amide bonds. The molecule has 1 N–H and O–H groups in total. The topological polar surface area (TPSA) is 41.5 Å². The first-order valence-corrected chi connectivity index (χ1v) is 6.67. The summed E-state index contributed by atoms with van der Waals surface area (Å²) >= 11 is 0. The van der Waals surface area contributed by atoms with E-state index in [0.29, 0.717) is 5.56 Å². The van der Waals surface area contributed by atoms with Gasteiger partial charge in [-0.05, 0) is 48.6 Å². The smallest absolute Gasteiger partial charge is 0.267 e. The first kappa shape index (κ1) is 11.9. The summed E-state index contributed by atoms with van der Waals surface area (Å²) < 4.78 is 0. The standard InChI is InChI=1S/C16H16N2O/c19-16(18-17-15-7-3-4-8-15)14-10-9-12-5-1-2-6-13(12)11-14/h1-2,5-6,9-11H,3-4,7-8H2,(H,18,19). The fraction of sp³-hybridized carbons (Fsp3) is 0.250. The number of benzene rings is 2. The molecule has 19 heavy (non-hydrogen) atoms. The summed E-state index contributed by atoms with van der Waals surface area (Å²) in [5.41, 5.74) is 4.41. The van der Waals surface area contributed by atoms with Crippen molar-refractivity contribution in [3.05, 3.63) is 48.0 Å². The van der Waals surface area contributed by atoms with Crippen molar-refractivity contribution in [1.29, 1.82) is 0 Å². The van der Waals surface area contributed by atoms with E-state index < -0.39 is 0 Å². The molecule has 0 atom stereocenters. The quantitative estimate of drug-likeness (QED) is 0.816. The first-order valence-electron chi connectivity index (χ1n) is 6.67. The number of amides is 1. The molecule has 0 spiro atoms. The van der Waals surface area contributed by atoms with Crippen LogP contribution in [0.15, 0.2) is 47.6 Å². The Morgan fingerprint density at radius 1 is 1.00 bits per heavy atom. The molecule has 0 aromatic heterocycles. The molecule has 0 bridgehead atoms. The monoisotopic (exact) mass is 252 g/mol. The van der Waals surface area contributed by atoms with Crippen LogP contribution in [0.2, 0.25) is 0 Å². The van der Waals surface area contributed by atoms with E-state index in [9.17, 15) is 4.79 Å². The highest BCUT2D eigenvalue weighted by molar-refractivity contribution is 5.99. The summed E-state index contributed by atoms with van der Waals surface area (Å²) in [6.07, 6.45) is 4.39. The van der Waals surface area contributed by atoms with Gasteiger partial charge in [-0.3, -0.25) is 4.79 Å². The van der Waals surface area contributed by atoms with Crippen molar-refractivity contribution >= 4 is 22.4 Å². The highest BCUT2D eigenvalue weighted by atomic mass is 16.2. The van der Waals surface area contributed by atoms with Crippen LogP contribution in [0, 0.1) is 0 Å². The van der Waals surface area contributed by atoms with E-state index in [1.807, 2.05) is 42.5 Å².